The third-order valence-corrected chi connectivity index (χ3v) is 3.86. The monoisotopic (exact) mass is 222 g/mol. The van der Waals surface area contributed by atoms with Crippen LogP contribution in [0.25, 0.3) is 0 Å². The predicted molar refractivity (Wildman–Crippen MR) is 63.5 cm³/mol. The molecule has 0 amide bonds. The quantitative estimate of drug-likeness (QED) is 0.819. The summed E-state index contributed by atoms with van der Waals surface area (Å²) in [6.45, 7) is 0.690. The van der Waals surface area contributed by atoms with Gasteiger partial charge in [0.25, 0.3) is 0 Å². The van der Waals surface area contributed by atoms with Crippen molar-refractivity contribution >= 4 is 0 Å². The molecule has 0 aromatic heterocycles. The molecule has 16 heavy (non-hydrogen) atoms. The fourth-order valence-electron chi connectivity index (χ4n) is 2.72. The van der Waals surface area contributed by atoms with Gasteiger partial charge < -0.3 is 11.1 Å². The van der Waals surface area contributed by atoms with Crippen molar-refractivity contribution in [1.82, 2.24) is 5.32 Å². The summed E-state index contributed by atoms with van der Waals surface area (Å²) in [5, 5.41) is 3.33. The van der Waals surface area contributed by atoms with Gasteiger partial charge in [0.15, 0.2) is 0 Å². The van der Waals surface area contributed by atoms with E-state index in [1.807, 2.05) is 19.2 Å². The number of halogens is 1. The fourth-order valence-corrected chi connectivity index (χ4v) is 2.72. The van der Waals surface area contributed by atoms with Crippen LogP contribution in [0.2, 0.25) is 0 Å². The van der Waals surface area contributed by atoms with Gasteiger partial charge in [0.05, 0.1) is 0 Å². The van der Waals surface area contributed by atoms with Crippen LogP contribution in [0.1, 0.15) is 30.9 Å². The zero-order chi connectivity index (χ0) is 11.6. The van der Waals surface area contributed by atoms with Gasteiger partial charge in [-0.2, -0.15) is 0 Å². The predicted octanol–water partition coefficient (Wildman–Crippen LogP) is 2.22. The molecule has 1 aromatic rings. The van der Waals surface area contributed by atoms with Crippen molar-refractivity contribution < 1.29 is 4.39 Å². The zero-order valence-electron chi connectivity index (χ0n) is 9.67. The van der Waals surface area contributed by atoms with Crippen LogP contribution in [0, 0.1) is 11.2 Å². The van der Waals surface area contributed by atoms with Crippen LogP contribution in [0.5, 0.6) is 0 Å². The molecule has 1 saturated carbocycles. The molecule has 88 valence electrons. The molecule has 0 saturated heterocycles. The average molecular weight is 222 g/mol. The molecule has 2 rings (SSSR count). The third-order valence-electron chi connectivity index (χ3n) is 3.86. The van der Waals surface area contributed by atoms with Crippen LogP contribution in [0.15, 0.2) is 24.3 Å². The number of hydrogen-bond donors (Lipinski definition) is 2. The largest absolute Gasteiger partial charge is 0.330 e. The van der Waals surface area contributed by atoms with E-state index in [4.69, 9.17) is 5.73 Å². The summed E-state index contributed by atoms with van der Waals surface area (Å²) in [4.78, 5) is 0. The van der Waals surface area contributed by atoms with E-state index >= 15 is 0 Å². The highest BCUT2D eigenvalue weighted by Gasteiger charge is 2.42. The summed E-state index contributed by atoms with van der Waals surface area (Å²) >= 11 is 0. The van der Waals surface area contributed by atoms with E-state index in [2.05, 4.69) is 5.32 Å². The standard InChI is InChI=1S/C13H19FN2/c1-16-12(13(9-15)7-2-8-13)10-3-5-11(14)6-4-10/h3-6,12,16H,2,7-9,15H2,1H3. The Morgan fingerprint density at radius 1 is 1.38 bits per heavy atom. The maximum Gasteiger partial charge on any atom is 0.123 e. The van der Waals surface area contributed by atoms with E-state index in [0.717, 1.165) is 18.4 Å². The number of nitrogens with two attached hydrogens (primary N) is 1. The minimum Gasteiger partial charge on any atom is -0.330 e. The normalized spacial score (nSPS) is 20.2. The molecule has 0 spiro atoms. The lowest BCUT2D eigenvalue weighted by atomic mass is 9.62. The lowest BCUT2D eigenvalue weighted by Gasteiger charge is -2.47. The Morgan fingerprint density at radius 2 is 2.00 bits per heavy atom. The number of rotatable bonds is 4. The Hall–Kier alpha value is -0.930. The molecule has 0 aliphatic heterocycles. The first-order valence-electron chi connectivity index (χ1n) is 5.85. The molecule has 0 radical (unpaired) electrons. The van der Waals surface area contributed by atoms with Gasteiger partial charge in [0, 0.05) is 11.5 Å². The number of hydrogen-bond acceptors (Lipinski definition) is 2. The van der Waals surface area contributed by atoms with Gasteiger partial charge in [-0.3, -0.25) is 0 Å². The Balaban J connectivity index is 2.25. The molecule has 1 atom stereocenters. The maximum absolute atomic E-state index is 12.9. The van der Waals surface area contributed by atoms with E-state index in [1.165, 1.54) is 18.6 Å². The highest BCUT2D eigenvalue weighted by atomic mass is 19.1. The first-order chi connectivity index (χ1) is 7.72. The van der Waals surface area contributed by atoms with Crippen LogP contribution in [0.4, 0.5) is 4.39 Å². The molecule has 1 unspecified atom stereocenters. The van der Waals surface area contributed by atoms with E-state index in [0.29, 0.717) is 6.54 Å². The second-order valence-corrected chi connectivity index (χ2v) is 4.69. The minimum absolute atomic E-state index is 0.173. The van der Waals surface area contributed by atoms with Crippen molar-refractivity contribution in [3.63, 3.8) is 0 Å². The van der Waals surface area contributed by atoms with Crippen molar-refractivity contribution in [3.8, 4) is 0 Å². The first-order valence-corrected chi connectivity index (χ1v) is 5.85. The minimum atomic E-state index is -0.186. The van der Waals surface area contributed by atoms with Crippen molar-refractivity contribution in [2.24, 2.45) is 11.1 Å². The third kappa shape index (κ3) is 1.85. The second-order valence-electron chi connectivity index (χ2n) is 4.69. The summed E-state index contributed by atoms with van der Waals surface area (Å²) in [5.74, 6) is -0.186. The van der Waals surface area contributed by atoms with Gasteiger partial charge in [0.1, 0.15) is 5.82 Å². The SMILES string of the molecule is CNC(c1ccc(F)cc1)C1(CN)CCC1. The van der Waals surface area contributed by atoms with Crippen molar-refractivity contribution in [2.45, 2.75) is 25.3 Å². The van der Waals surface area contributed by atoms with Crippen LogP contribution in [0.3, 0.4) is 0 Å². The highest BCUT2D eigenvalue weighted by Crippen LogP contribution is 2.49. The van der Waals surface area contributed by atoms with Crippen molar-refractivity contribution in [1.29, 1.82) is 0 Å². The van der Waals surface area contributed by atoms with Gasteiger partial charge in [-0.15, -0.1) is 0 Å². The Morgan fingerprint density at radius 3 is 2.38 bits per heavy atom. The van der Waals surface area contributed by atoms with Crippen LogP contribution in [-0.2, 0) is 0 Å². The molecule has 3 N–H and O–H groups in total. The number of nitrogens with one attached hydrogen (secondary N) is 1. The lowest BCUT2D eigenvalue weighted by Crippen LogP contribution is -2.47. The van der Waals surface area contributed by atoms with Gasteiger partial charge in [0.2, 0.25) is 0 Å². The molecule has 1 fully saturated rings. The summed E-state index contributed by atoms with van der Waals surface area (Å²) < 4.78 is 12.9. The topological polar surface area (TPSA) is 38.0 Å². The summed E-state index contributed by atoms with van der Waals surface area (Å²) in [5.41, 5.74) is 7.21. The average Bonchev–Trinajstić information content (AvgIpc) is 2.25. The fraction of sp³-hybridized carbons (Fsp3) is 0.538. The van der Waals surface area contributed by atoms with Gasteiger partial charge >= 0.3 is 0 Å². The highest BCUT2D eigenvalue weighted by molar-refractivity contribution is 5.23. The van der Waals surface area contributed by atoms with Gasteiger partial charge in [-0.05, 0) is 44.1 Å². The second kappa shape index (κ2) is 4.52. The molecular formula is C13H19FN2. The molecule has 1 aliphatic rings. The van der Waals surface area contributed by atoms with Crippen molar-refractivity contribution in [3.05, 3.63) is 35.6 Å². The van der Waals surface area contributed by atoms with Crippen LogP contribution >= 0.6 is 0 Å². The number of benzene rings is 1. The molecule has 0 bridgehead atoms. The Labute approximate surface area is 96.0 Å². The summed E-state index contributed by atoms with van der Waals surface area (Å²) in [7, 11) is 1.95. The van der Waals surface area contributed by atoms with Crippen molar-refractivity contribution in [2.75, 3.05) is 13.6 Å². The molecule has 1 aliphatic carbocycles. The Kier molecular flexibility index (Phi) is 3.26. The molecular weight excluding hydrogens is 203 g/mol. The smallest absolute Gasteiger partial charge is 0.123 e. The first kappa shape index (κ1) is 11.6. The Bertz CT molecular complexity index is 338. The molecule has 2 nitrogen and oxygen atoms in total. The summed E-state index contributed by atoms with van der Waals surface area (Å²) in [6.07, 6.45) is 3.56. The van der Waals surface area contributed by atoms with E-state index < -0.39 is 0 Å². The molecule has 3 heteroatoms. The van der Waals surface area contributed by atoms with E-state index in [-0.39, 0.29) is 17.3 Å². The molecule has 0 heterocycles. The zero-order valence-corrected chi connectivity index (χ0v) is 9.67. The van der Waals surface area contributed by atoms with Gasteiger partial charge in [-0.1, -0.05) is 18.6 Å². The van der Waals surface area contributed by atoms with E-state index in [1.54, 1.807) is 0 Å². The van der Waals surface area contributed by atoms with Crippen LogP contribution < -0.4 is 11.1 Å². The van der Waals surface area contributed by atoms with Crippen LogP contribution in [-0.4, -0.2) is 13.6 Å². The van der Waals surface area contributed by atoms with Gasteiger partial charge in [-0.25, -0.2) is 4.39 Å². The molecule has 1 aromatic carbocycles. The summed E-state index contributed by atoms with van der Waals surface area (Å²) in [6, 6.07) is 6.98. The van der Waals surface area contributed by atoms with E-state index in [9.17, 15) is 4.39 Å². The lowest BCUT2D eigenvalue weighted by molar-refractivity contribution is 0.0879. The maximum atomic E-state index is 12.9.